The Morgan fingerprint density at radius 3 is 2.40 bits per heavy atom. The quantitative estimate of drug-likeness (QED) is 0.634. The van der Waals surface area contributed by atoms with Crippen LogP contribution in [0.2, 0.25) is 10.0 Å². The molecule has 0 radical (unpaired) electrons. The van der Waals surface area contributed by atoms with Gasteiger partial charge in [-0.15, -0.1) is 0 Å². The van der Waals surface area contributed by atoms with Crippen molar-refractivity contribution in [3.63, 3.8) is 0 Å². The third-order valence-electron chi connectivity index (χ3n) is 3.83. The minimum absolute atomic E-state index is 0.557. The Kier molecular flexibility index (Phi) is 5.33. The van der Waals surface area contributed by atoms with E-state index in [1.54, 1.807) is 13.2 Å². The molecule has 0 saturated carbocycles. The van der Waals surface area contributed by atoms with Gasteiger partial charge in [0.1, 0.15) is 5.75 Å². The van der Waals surface area contributed by atoms with Crippen molar-refractivity contribution in [2.75, 3.05) is 21.2 Å². The highest BCUT2D eigenvalue weighted by atomic mass is 35.5. The van der Waals surface area contributed by atoms with E-state index in [0.29, 0.717) is 10.0 Å². The Bertz CT molecular complexity index is 873. The molecular formula is C19H19Cl2N3O. The van der Waals surface area contributed by atoms with Crippen molar-refractivity contribution in [2.45, 2.75) is 6.54 Å². The van der Waals surface area contributed by atoms with Gasteiger partial charge in [-0.2, -0.15) is 5.10 Å². The van der Waals surface area contributed by atoms with Crippen LogP contribution < -0.4 is 4.74 Å². The van der Waals surface area contributed by atoms with Crippen molar-refractivity contribution < 1.29 is 4.74 Å². The normalized spacial score (nSPS) is 11.1. The van der Waals surface area contributed by atoms with Crippen LogP contribution in [0.1, 0.15) is 5.56 Å². The molecule has 0 aliphatic rings. The van der Waals surface area contributed by atoms with Crippen LogP contribution in [0, 0.1) is 0 Å². The van der Waals surface area contributed by atoms with Gasteiger partial charge in [-0.05, 0) is 56.6 Å². The molecule has 25 heavy (non-hydrogen) atoms. The zero-order valence-corrected chi connectivity index (χ0v) is 15.8. The Labute approximate surface area is 157 Å². The molecule has 3 aromatic rings. The molecule has 0 unspecified atom stereocenters. The molecule has 0 fully saturated rings. The van der Waals surface area contributed by atoms with Crippen molar-refractivity contribution >= 4 is 23.2 Å². The summed E-state index contributed by atoms with van der Waals surface area (Å²) >= 11 is 12.4. The predicted octanol–water partition coefficient (Wildman–Crippen LogP) is 4.92. The van der Waals surface area contributed by atoms with Crippen molar-refractivity contribution in [2.24, 2.45) is 0 Å². The van der Waals surface area contributed by atoms with Crippen LogP contribution in [0.25, 0.3) is 16.9 Å². The minimum atomic E-state index is 0.557. The molecule has 0 spiro atoms. The van der Waals surface area contributed by atoms with Gasteiger partial charge >= 0.3 is 0 Å². The SMILES string of the molecule is COc1ccc(-c2c(CN(C)C)cnn2-c2ccc(Cl)cc2Cl)cc1. The summed E-state index contributed by atoms with van der Waals surface area (Å²) in [5.41, 5.74) is 3.95. The van der Waals surface area contributed by atoms with Crippen LogP contribution in [-0.2, 0) is 6.54 Å². The zero-order valence-electron chi connectivity index (χ0n) is 14.3. The van der Waals surface area contributed by atoms with Crippen molar-refractivity contribution in [3.8, 4) is 22.7 Å². The molecule has 0 saturated heterocycles. The summed E-state index contributed by atoms with van der Waals surface area (Å²) in [6, 6.07) is 13.3. The highest BCUT2D eigenvalue weighted by molar-refractivity contribution is 6.35. The molecule has 6 heteroatoms. The Morgan fingerprint density at radius 1 is 1.08 bits per heavy atom. The molecule has 0 amide bonds. The lowest BCUT2D eigenvalue weighted by atomic mass is 10.1. The summed E-state index contributed by atoms with van der Waals surface area (Å²) in [4.78, 5) is 2.11. The van der Waals surface area contributed by atoms with Crippen LogP contribution in [0.4, 0.5) is 0 Å². The lowest BCUT2D eigenvalue weighted by Crippen LogP contribution is -2.11. The third kappa shape index (κ3) is 3.82. The number of hydrogen-bond acceptors (Lipinski definition) is 3. The first-order valence-electron chi connectivity index (χ1n) is 7.81. The number of rotatable bonds is 5. The van der Waals surface area contributed by atoms with E-state index < -0.39 is 0 Å². The number of halogens is 2. The highest BCUT2D eigenvalue weighted by Crippen LogP contribution is 2.32. The molecule has 1 aromatic heterocycles. The van der Waals surface area contributed by atoms with Gasteiger partial charge in [-0.3, -0.25) is 0 Å². The fourth-order valence-electron chi connectivity index (χ4n) is 2.73. The van der Waals surface area contributed by atoms with Crippen LogP contribution in [0.5, 0.6) is 5.75 Å². The number of ether oxygens (including phenoxy) is 1. The van der Waals surface area contributed by atoms with Crippen molar-refractivity contribution in [1.82, 2.24) is 14.7 Å². The molecule has 2 aromatic carbocycles. The second kappa shape index (κ2) is 7.48. The van der Waals surface area contributed by atoms with Gasteiger partial charge in [0.05, 0.1) is 29.7 Å². The smallest absolute Gasteiger partial charge is 0.118 e. The standard InChI is InChI=1S/C19H19Cl2N3O/c1-23(2)12-14-11-22-24(18-9-6-15(20)10-17(18)21)19(14)13-4-7-16(25-3)8-5-13/h4-11H,12H2,1-3H3. The number of benzene rings is 2. The molecule has 0 aliphatic carbocycles. The fourth-order valence-corrected chi connectivity index (χ4v) is 3.22. The summed E-state index contributed by atoms with van der Waals surface area (Å²) in [5, 5.41) is 5.73. The van der Waals surface area contributed by atoms with E-state index >= 15 is 0 Å². The van der Waals surface area contributed by atoms with E-state index in [4.69, 9.17) is 27.9 Å². The average molecular weight is 376 g/mol. The highest BCUT2D eigenvalue weighted by Gasteiger charge is 2.17. The largest absolute Gasteiger partial charge is 0.497 e. The fraction of sp³-hybridized carbons (Fsp3) is 0.211. The zero-order chi connectivity index (χ0) is 18.0. The lowest BCUT2D eigenvalue weighted by molar-refractivity contribution is 0.403. The van der Waals surface area contributed by atoms with E-state index in [1.165, 1.54) is 0 Å². The van der Waals surface area contributed by atoms with E-state index in [2.05, 4.69) is 10.00 Å². The third-order valence-corrected chi connectivity index (χ3v) is 4.37. The summed E-state index contributed by atoms with van der Waals surface area (Å²) in [5.74, 6) is 0.813. The van der Waals surface area contributed by atoms with E-state index in [9.17, 15) is 0 Å². The summed E-state index contributed by atoms with van der Waals surface area (Å²) in [7, 11) is 5.72. The van der Waals surface area contributed by atoms with E-state index in [1.807, 2.05) is 61.4 Å². The molecule has 1 heterocycles. The monoisotopic (exact) mass is 375 g/mol. The molecule has 0 bridgehead atoms. The Morgan fingerprint density at radius 2 is 1.80 bits per heavy atom. The lowest BCUT2D eigenvalue weighted by Gasteiger charge is -2.14. The van der Waals surface area contributed by atoms with Gasteiger partial charge in [0.25, 0.3) is 0 Å². The Hall–Kier alpha value is -2.01. The van der Waals surface area contributed by atoms with Crippen LogP contribution >= 0.6 is 23.2 Å². The topological polar surface area (TPSA) is 30.3 Å². The van der Waals surface area contributed by atoms with Gasteiger partial charge in [-0.25, -0.2) is 4.68 Å². The number of aromatic nitrogens is 2. The first-order valence-corrected chi connectivity index (χ1v) is 8.56. The van der Waals surface area contributed by atoms with Gasteiger partial charge in [0, 0.05) is 22.7 Å². The second-order valence-electron chi connectivity index (χ2n) is 5.99. The van der Waals surface area contributed by atoms with E-state index in [0.717, 1.165) is 34.8 Å². The molecule has 4 nitrogen and oxygen atoms in total. The maximum Gasteiger partial charge on any atom is 0.118 e. The van der Waals surface area contributed by atoms with Crippen LogP contribution in [0.3, 0.4) is 0 Å². The molecule has 0 N–H and O–H groups in total. The summed E-state index contributed by atoms with van der Waals surface area (Å²) in [6.45, 7) is 0.770. The summed E-state index contributed by atoms with van der Waals surface area (Å²) in [6.07, 6.45) is 1.88. The summed E-state index contributed by atoms with van der Waals surface area (Å²) < 4.78 is 7.12. The molecule has 130 valence electrons. The Balaban J connectivity index is 2.16. The first-order chi connectivity index (χ1) is 12.0. The molecular weight excluding hydrogens is 357 g/mol. The number of methoxy groups -OCH3 is 1. The van der Waals surface area contributed by atoms with Crippen LogP contribution in [-0.4, -0.2) is 35.9 Å². The first kappa shape index (κ1) is 17.8. The maximum atomic E-state index is 6.41. The van der Waals surface area contributed by atoms with E-state index in [-0.39, 0.29) is 0 Å². The minimum Gasteiger partial charge on any atom is -0.497 e. The number of nitrogens with zero attached hydrogens (tertiary/aromatic N) is 3. The number of hydrogen-bond donors (Lipinski definition) is 0. The molecule has 0 aliphatic heterocycles. The van der Waals surface area contributed by atoms with Gasteiger partial charge in [-0.1, -0.05) is 23.2 Å². The van der Waals surface area contributed by atoms with Gasteiger partial charge in [0.15, 0.2) is 0 Å². The average Bonchev–Trinajstić information content (AvgIpc) is 2.97. The second-order valence-corrected chi connectivity index (χ2v) is 6.84. The van der Waals surface area contributed by atoms with Crippen molar-refractivity contribution in [3.05, 3.63) is 64.3 Å². The predicted molar refractivity (Wildman–Crippen MR) is 103 cm³/mol. The molecule has 3 rings (SSSR count). The maximum absolute atomic E-state index is 6.41. The molecule has 0 atom stereocenters. The van der Waals surface area contributed by atoms with Crippen molar-refractivity contribution in [1.29, 1.82) is 0 Å². The van der Waals surface area contributed by atoms with Crippen LogP contribution in [0.15, 0.2) is 48.7 Å². The van der Waals surface area contributed by atoms with Gasteiger partial charge < -0.3 is 9.64 Å². The van der Waals surface area contributed by atoms with Gasteiger partial charge in [0.2, 0.25) is 0 Å².